The van der Waals surface area contributed by atoms with Crippen LogP contribution < -0.4 is 0 Å². The van der Waals surface area contributed by atoms with E-state index in [1.807, 2.05) is 6.92 Å². The predicted molar refractivity (Wildman–Crippen MR) is 76.5 cm³/mol. The van der Waals surface area contributed by atoms with Crippen LogP contribution in [0.1, 0.15) is 22.8 Å². The van der Waals surface area contributed by atoms with E-state index in [4.69, 9.17) is 9.84 Å². The largest absolute Gasteiger partial charge is 0.478 e. The van der Waals surface area contributed by atoms with E-state index in [0.717, 1.165) is 18.2 Å². The van der Waals surface area contributed by atoms with Crippen LogP contribution in [0.15, 0.2) is 24.3 Å². The van der Waals surface area contributed by atoms with Gasteiger partial charge >= 0.3 is 5.97 Å². The predicted octanol–water partition coefficient (Wildman–Crippen LogP) is 2.03. The van der Waals surface area contributed by atoms with Crippen molar-refractivity contribution in [1.29, 1.82) is 0 Å². The lowest BCUT2D eigenvalue weighted by atomic mass is 10.1. The molecule has 21 heavy (non-hydrogen) atoms. The Bertz CT molecular complexity index is 557. The molecule has 1 rings (SSSR count). The summed E-state index contributed by atoms with van der Waals surface area (Å²) in [5, 5.41) is 8.51. The number of methoxy groups -OCH3 is 1. The van der Waals surface area contributed by atoms with Crippen LogP contribution in [0.2, 0.25) is 0 Å². The lowest BCUT2D eigenvalue weighted by Crippen LogP contribution is -2.37. The summed E-state index contributed by atoms with van der Waals surface area (Å²) in [4.78, 5) is 24.0. The zero-order valence-electron chi connectivity index (χ0n) is 12.2. The topological polar surface area (TPSA) is 66.8 Å². The fourth-order valence-corrected chi connectivity index (χ4v) is 1.71. The van der Waals surface area contributed by atoms with E-state index in [1.165, 1.54) is 24.1 Å². The van der Waals surface area contributed by atoms with Crippen molar-refractivity contribution < 1.29 is 23.8 Å². The summed E-state index contributed by atoms with van der Waals surface area (Å²) in [5.41, 5.74) is 0.312. The van der Waals surface area contributed by atoms with E-state index in [2.05, 4.69) is 0 Å². The molecule has 0 heterocycles. The number of ether oxygens (including phenoxy) is 1. The third-order valence-electron chi connectivity index (χ3n) is 3.04. The SMILES string of the molecule is COCC(C)N(C)C(=O)c1ccc(C=CC(=O)O)c(F)c1. The normalized spacial score (nSPS) is 12.4. The highest BCUT2D eigenvalue weighted by Crippen LogP contribution is 2.14. The van der Waals surface area contributed by atoms with Crippen molar-refractivity contribution in [2.45, 2.75) is 13.0 Å². The van der Waals surface area contributed by atoms with Gasteiger partial charge in [0.25, 0.3) is 5.91 Å². The summed E-state index contributed by atoms with van der Waals surface area (Å²) < 4.78 is 18.8. The van der Waals surface area contributed by atoms with Gasteiger partial charge in [0.1, 0.15) is 5.82 Å². The number of halogens is 1. The first-order valence-corrected chi connectivity index (χ1v) is 6.33. The van der Waals surface area contributed by atoms with Crippen LogP contribution in [0, 0.1) is 5.82 Å². The van der Waals surface area contributed by atoms with Gasteiger partial charge in [0.15, 0.2) is 0 Å². The summed E-state index contributed by atoms with van der Waals surface area (Å²) in [6.45, 7) is 2.20. The summed E-state index contributed by atoms with van der Waals surface area (Å²) in [7, 11) is 3.15. The molecule has 0 aromatic heterocycles. The number of carboxylic acid groups (broad SMARTS) is 1. The number of carbonyl (C=O) groups is 2. The number of benzene rings is 1. The van der Waals surface area contributed by atoms with Gasteiger partial charge in [-0.2, -0.15) is 0 Å². The Kier molecular flexibility index (Phi) is 6.05. The van der Waals surface area contributed by atoms with Crippen LogP contribution in [0.3, 0.4) is 0 Å². The molecule has 0 fully saturated rings. The molecule has 0 radical (unpaired) electrons. The highest BCUT2D eigenvalue weighted by Gasteiger charge is 2.18. The number of hydrogen-bond donors (Lipinski definition) is 1. The Hall–Kier alpha value is -2.21. The van der Waals surface area contributed by atoms with Gasteiger partial charge < -0.3 is 14.7 Å². The van der Waals surface area contributed by atoms with Gasteiger partial charge in [0.05, 0.1) is 12.6 Å². The molecule has 6 heteroatoms. The Labute approximate surface area is 122 Å². The van der Waals surface area contributed by atoms with Gasteiger partial charge in [-0.1, -0.05) is 6.07 Å². The van der Waals surface area contributed by atoms with Crippen molar-refractivity contribution in [3.8, 4) is 0 Å². The molecule has 5 nitrogen and oxygen atoms in total. The number of hydrogen-bond acceptors (Lipinski definition) is 3. The molecule has 1 amide bonds. The van der Waals surface area contributed by atoms with E-state index >= 15 is 0 Å². The number of rotatable bonds is 6. The zero-order chi connectivity index (χ0) is 16.0. The maximum absolute atomic E-state index is 13.8. The second-order valence-electron chi connectivity index (χ2n) is 4.63. The number of carboxylic acids is 1. The molecular weight excluding hydrogens is 277 g/mol. The number of amides is 1. The minimum atomic E-state index is -1.16. The zero-order valence-corrected chi connectivity index (χ0v) is 12.2. The lowest BCUT2D eigenvalue weighted by Gasteiger charge is -2.24. The van der Waals surface area contributed by atoms with E-state index in [9.17, 15) is 14.0 Å². The highest BCUT2D eigenvalue weighted by molar-refractivity contribution is 5.94. The minimum absolute atomic E-state index is 0.113. The van der Waals surface area contributed by atoms with Crippen LogP contribution in [0.4, 0.5) is 4.39 Å². The molecular formula is C15H18FNO4. The quantitative estimate of drug-likeness (QED) is 0.815. The monoisotopic (exact) mass is 295 g/mol. The molecule has 0 aliphatic carbocycles. The first-order valence-electron chi connectivity index (χ1n) is 6.33. The molecule has 0 saturated heterocycles. The molecule has 0 bridgehead atoms. The average molecular weight is 295 g/mol. The smallest absolute Gasteiger partial charge is 0.328 e. The van der Waals surface area contributed by atoms with Crippen molar-refractivity contribution in [1.82, 2.24) is 4.90 Å². The molecule has 1 unspecified atom stereocenters. The third kappa shape index (κ3) is 4.68. The van der Waals surface area contributed by atoms with Crippen molar-refractivity contribution in [2.24, 2.45) is 0 Å². The van der Waals surface area contributed by atoms with Crippen LogP contribution >= 0.6 is 0 Å². The summed E-state index contributed by atoms with van der Waals surface area (Å²) >= 11 is 0. The van der Waals surface area contributed by atoms with Gasteiger partial charge in [0.2, 0.25) is 0 Å². The molecule has 0 spiro atoms. The number of likely N-dealkylation sites (N-methyl/N-ethyl adjacent to an activating group) is 1. The molecule has 0 saturated carbocycles. The molecule has 0 aliphatic heterocycles. The summed E-state index contributed by atoms with van der Waals surface area (Å²) in [5.74, 6) is -2.14. The van der Waals surface area contributed by atoms with Crippen LogP contribution in [-0.2, 0) is 9.53 Å². The lowest BCUT2D eigenvalue weighted by molar-refractivity contribution is -0.131. The van der Waals surface area contributed by atoms with Crippen molar-refractivity contribution in [3.05, 3.63) is 41.2 Å². The summed E-state index contributed by atoms with van der Waals surface area (Å²) in [6, 6.07) is 3.79. The van der Waals surface area contributed by atoms with Gasteiger partial charge in [-0.25, -0.2) is 9.18 Å². The van der Waals surface area contributed by atoms with Crippen LogP contribution in [0.25, 0.3) is 6.08 Å². The van der Waals surface area contributed by atoms with E-state index < -0.39 is 11.8 Å². The highest BCUT2D eigenvalue weighted by atomic mass is 19.1. The van der Waals surface area contributed by atoms with Gasteiger partial charge in [-0.3, -0.25) is 4.79 Å². The third-order valence-corrected chi connectivity index (χ3v) is 3.04. The maximum Gasteiger partial charge on any atom is 0.328 e. The molecule has 1 atom stereocenters. The Morgan fingerprint density at radius 3 is 2.67 bits per heavy atom. The average Bonchev–Trinajstić information content (AvgIpc) is 2.44. The first-order chi connectivity index (χ1) is 9.86. The Balaban J connectivity index is 2.93. The van der Waals surface area contributed by atoms with Crippen LogP contribution in [-0.4, -0.2) is 48.7 Å². The van der Waals surface area contributed by atoms with Crippen LogP contribution in [0.5, 0.6) is 0 Å². The van der Waals surface area contributed by atoms with Crippen molar-refractivity contribution >= 4 is 18.0 Å². The first kappa shape index (κ1) is 16.8. The number of aliphatic carboxylic acids is 1. The Morgan fingerprint density at radius 2 is 2.14 bits per heavy atom. The van der Waals surface area contributed by atoms with Crippen molar-refractivity contribution in [2.75, 3.05) is 20.8 Å². The van der Waals surface area contributed by atoms with E-state index in [0.29, 0.717) is 6.61 Å². The molecule has 0 aliphatic rings. The standard InChI is InChI=1S/C15H18FNO4/c1-10(9-21-3)17(2)15(20)12-5-4-11(13(16)8-12)6-7-14(18)19/h4-8,10H,9H2,1-3H3,(H,18,19). The van der Waals surface area contributed by atoms with Gasteiger partial charge in [-0.15, -0.1) is 0 Å². The number of nitrogens with zero attached hydrogens (tertiary/aromatic N) is 1. The second-order valence-corrected chi connectivity index (χ2v) is 4.63. The Morgan fingerprint density at radius 1 is 1.48 bits per heavy atom. The minimum Gasteiger partial charge on any atom is -0.478 e. The maximum atomic E-state index is 13.8. The number of carbonyl (C=O) groups excluding carboxylic acids is 1. The van der Waals surface area contributed by atoms with E-state index in [-0.39, 0.29) is 23.1 Å². The molecule has 114 valence electrons. The molecule has 1 N–H and O–H groups in total. The summed E-state index contributed by atoms with van der Waals surface area (Å²) in [6.07, 6.45) is 1.98. The van der Waals surface area contributed by atoms with Gasteiger partial charge in [-0.05, 0) is 25.1 Å². The van der Waals surface area contributed by atoms with Crippen molar-refractivity contribution in [3.63, 3.8) is 0 Å². The van der Waals surface area contributed by atoms with Gasteiger partial charge in [0, 0.05) is 31.4 Å². The fourth-order valence-electron chi connectivity index (χ4n) is 1.71. The molecule has 1 aromatic carbocycles. The fraction of sp³-hybridized carbons (Fsp3) is 0.333. The second kappa shape index (κ2) is 7.54. The molecule has 1 aromatic rings. The van der Waals surface area contributed by atoms with E-state index in [1.54, 1.807) is 7.05 Å².